The summed E-state index contributed by atoms with van der Waals surface area (Å²) in [6, 6.07) is 6.62. The van der Waals surface area contributed by atoms with Crippen LogP contribution in [0.4, 0.5) is 8.78 Å². The van der Waals surface area contributed by atoms with Gasteiger partial charge in [-0.05, 0) is 16.5 Å². The lowest BCUT2D eigenvalue weighted by Gasteiger charge is -2.20. The highest BCUT2D eigenvalue weighted by atomic mass is 35.5. The van der Waals surface area contributed by atoms with Crippen LogP contribution in [0.15, 0.2) is 24.3 Å². The fraction of sp³-hybridized carbons (Fsp3) is 0.588. The number of hydrogen-bond donors (Lipinski definition) is 3. The average Bonchev–Trinajstić information content (AvgIpc) is 2.84. The van der Waals surface area contributed by atoms with Crippen molar-refractivity contribution in [2.45, 2.75) is 50.7 Å². The molecule has 2 rings (SSSR count). The molecule has 1 fully saturated rings. The van der Waals surface area contributed by atoms with Crippen molar-refractivity contribution in [2.75, 3.05) is 13.1 Å². The topological polar surface area (TPSA) is 61.4 Å². The molecule has 1 saturated heterocycles. The third-order valence-corrected chi connectivity index (χ3v) is 4.06. The number of aliphatic hydroxyl groups excluding tert-OH is 1. The first-order chi connectivity index (χ1) is 10.6. The maximum atomic E-state index is 13.1. The zero-order chi connectivity index (χ0) is 17.3. The van der Waals surface area contributed by atoms with Crippen LogP contribution in [0.25, 0.3) is 0 Å². The van der Waals surface area contributed by atoms with E-state index < -0.39 is 36.9 Å². The number of nitrogens with one attached hydrogen (secondary N) is 2. The van der Waals surface area contributed by atoms with Gasteiger partial charge in [-0.15, -0.1) is 12.4 Å². The molecule has 2 atom stereocenters. The molecule has 4 nitrogen and oxygen atoms in total. The van der Waals surface area contributed by atoms with E-state index >= 15 is 0 Å². The van der Waals surface area contributed by atoms with Gasteiger partial charge in [0.25, 0.3) is 5.92 Å². The summed E-state index contributed by atoms with van der Waals surface area (Å²) in [4.78, 5) is 11.8. The molecule has 24 heavy (non-hydrogen) atoms. The van der Waals surface area contributed by atoms with E-state index in [0.717, 1.165) is 5.56 Å². The molecule has 2 unspecified atom stereocenters. The van der Waals surface area contributed by atoms with E-state index in [1.807, 2.05) is 24.3 Å². The summed E-state index contributed by atoms with van der Waals surface area (Å²) in [5, 5.41) is 15.1. The van der Waals surface area contributed by atoms with Gasteiger partial charge in [-0.25, -0.2) is 8.78 Å². The molecule has 3 N–H and O–H groups in total. The Labute approximate surface area is 147 Å². The van der Waals surface area contributed by atoms with Crippen LogP contribution in [-0.2, 0) is 10.2 Å². The fourth-order valence-electron chi connectivity index (χ4n) is 2.54. The predicted octanol–water partition coefficient (Wildman–Crippen LogP) is 2.55. The molecule has 1 aromatic carbocycles. The van der Waals surface area contributed by atoms with Crippen molar-refractivity contribution in [2.24, 2.45) is 0 Å². The van der Waals surface area contributed by atoms with Gasteiger partial charge in [0.15, 0.2) is 0 Å². The van der Waals surface area contributed by atoms with Gasteiger partial charge in [-0.3, -0.25) is 10.1 Å². The van der Waals surface area contributed by atoms with E-state index in [9.17, 15) is 18.7 Å². The van der Waals surface area contributed by atoms with Crippen molar-refractivity contribution < 1.29 is 18.7 Å². The molecule has 1 aliphatic rings. The van der Waals surface area contributed by atoms with Gasteiger partial charge in [-0.2, -0.15) is 0 Å². The molecule has 1 aromatic rings. The quantitative estimate of drug-likeness (QED) is 0.771. The number of carbonyl (C=O) groups is 1. The largest absolute Gasteiger partial charge is 0.387 e. The number of amides is 1. The first kappa shape index (κ1) is 20.8. The lowest BCUT2D eigenvalue weighted by Crippen LogP contribution is -2.41. The summed E-state index contributed by atoms with van der Waals surface area (Å²) in [5.74, 6) is -3.35. The number of rotatable bonds is 4. The second kappa shape index (κ2) is 7.76. The lowest BCUT2D eigenvalue weighted by atomic mass is 9.86. The van der Waals surface area contributed by atoms with Crippen LogP contribution in [0.3, 0.4) is 0 Å². The summed E-state index contributed by atoms with van der Waals surface area (Å²) in [6.45, 7) is 5.81. The maximum absolute atomic E-state index is 13.1. The first-order valence-corrected chi connectivity index (χ1v) is 7.76. The standard InChI is InChI=1S/C17H24F2N2O2.ClH/c1-16(2,3)12-6-4-11(5-7-12)14(22)9-20-15(23)13-8-17(18,19)10-21-13;/h4-7,13-14,21-22H,8-10H2,1-3H3,(H,20,23);1H. The van der Waals surface area contributed by atoms with E-state index in [-0.39, 0.29) is 24.4 Å². The van der Waals surface area contributed by atoms with Crippen molar-refractivity contribution in [1.29, 1.82) is 0 Å². The average molecular weight is 363 g/mol. The number of alkyl halides is 2. The van der Waals surface area contributed by atoms with Gasteiger partial charge in [-0.1, -0.05) is 45.0 Å². The molecule has 0 spiro atoms. The van der Waals surface area contributed by atoms with Gasteiger partial charge in [0.1, 0.15) is 0 Å². The maximum Gasteiger partial charge on any atom is 0.262 e. The van der Waals surface area contributed by atoms with Crippen LogP contribution in [-0.4, -0.2) is 36.1 Å². The molecule has 0 saturated carbocycles. The number of halogens is 3. The van der Waals surface area contributed by atoms with Crippen LogP contribution >= 0.6 is 12.4 Å². The third-order valence-electron chi connectivity index (χ3n) is 4.06. The molecule has 0 radical (unpaired) electrons. The molecule has 1 aliphatic heterocycles. The van der Waals surface area contributed by atoms with Gasteiger partial charge in [0, 0.05) is 13.0 Å². The highest BCUT2D eigenvalue weighted by Crippen LogP contribution is 2.26. The number of aliphatic hydroxyl groups is 1. The second-order valence-corrected chi connectivity index (χ2v) is 7.13. The van der Waals surface area contributed by atoms with Crippen LogP contribution in [0, 0.1) is 0 Å². The number of carbonyl (C=O) groups excluding carboxylic acids is 1. The highest BCUT2D eigenvalue weighted by Gasteiger charge is 2.42. The van der Waals surface area contributed by atoms with Crippen LogP contribution < -0.4 is 10.6 Å². The van der Waals surface area contributed by atoms with Gasteiger partial charge in [0.05, 0.1) is 18.7 Å². The van der Waals surface area contributed by atoms with Crippen molar-refractivity contribution in [3.05, 3.63) is 35.4 Å². The van der Waals surface area contributed by atoms with Crippen molar-refractivity contribution >= 4 is 18.3 Å². The molecular formula is C17H25ClF2N2O2. The van der Waals surface area contributed by atoms with Crippen molar-refractivity contribution in [3.63, 3.8) is 0 Å². The third kappa shape index (κ3) is 5.40. The van der Waals surface area contributed by atoms with Gasteiger partial charge >= 0.3 is 0 Å². The van der Waals surface area contributed by atoms with Gasteiger partial charge in [0.2, 0.25) is 5.91 Å². The summed E-state index contributed by atoms with van der Waals surface area (Å²) in [5.41, 5.74) is 1.86. The lowest BCUT2D eigenvalue weighted by molar-refractivity contribution is -0.123. The molecule has 0 aromatic heterocycles. The van der Waals surface area contributed by atoms with Crippen molar-refractivity contribution in [1.82, 2.24) is 10.6 Å². The summed E-state index contributed by atoms with van der Waals surface area (Å²) < 4.78 is 26.1. The Morgan fingerprint density at radius 2 is 1.96 bits per heavy atom. The molecule has 0 aliphatic carbocycles. The van der Waals surface area contributed by atoms with Crippen LogP contribution in [0.5, 0.6) is 0 Å². The number of hydrogen-bond acceptors (Lipinski definition) is 3. The van der Waals surface area contributed by atoms with Gasteiger partial charge < -0.3 is 10.4 Å². The molecule has 136 valence electrons. The number of benzene rings is 1. The Morgan fingerprint density at radius 1 is 1.38 bits per heavy atom. The summed E-state index contributed by atoms with van der Waals surface area (Å²) in [6.07, 6.45) is -1.37. The first-order valence-electron chi connectivity index (χ1n) is 7.76. The minimum Gasteiger partial charge on any atom is -0.387 e. The Bertz CT molecular complexity index is 559. The van der Waals surface area contributed by atoms with E-state index in [1.165, 1.54) is 0 Å². The Kier molecular flexibility index (Phi) is 6.73. The minimum absolute atomic E-state index is 0. The Balaban J connectivity index is 0.00000288. The van der Waals surface area contributed by atoms with Crippen molar-refractivity contribution in [3.8, 4) is 0 Å². The zero-order valence-corrected chi connectivity index (χ0v) is 14.9. The van der Waals surface area contributed by atoms with E-state index in [2.05, 4.69) is 31.4 Å². The summed E-state index contributed by atoms with van der Waals surface area (Å²) in [7, 11) is 0. The Hall–Kier alpha value is -1.24. The fourth-order valence-corrected chi connectivity index (χ4v) is 2.54. The second-order valence-electron chi connectivity index (χ2n) is 7.13. The normalized spacial score (nSPS) is 21.0. The predicted molar refractivity (Wildman–Crippen MR) is 91.7 cm³/mol. The van der Waals surface area contributed by atoms with E-state index in [0.29, 0.717) is 5.56 Å². The summed E-state index contributed by atoms with van der Waals surface area (Å²) >= 11 is 0. The smallest absolute Gasteiger partial charge is 0.262 e. The molecule has 7 heteroatoms. The van der Waals surface area contributed by atoms with E-state index in [4.69, 9.17) is 0 Å². The molecule has 1 heterocycles. The Morgan fingerprint density at radius 3 is 2.42 bits per heavy atom. The molecule has 0 bridgehead atoms. The monoisotopic (exact) mass is 362 g/mol. The molecular weight excluding hydrogens is 338 g/mol. The SMILES string of the molecule is CC(C)(C)c1ccc(C(O)CNC(=O)C2CC(F)(F)CN2)cc1.Cl. The zero-order valence-electron chi connectivity index (χ0n) is 14.1. The van der Waals surface area contributed by atoms with E-state index in [1.54, 1.807) is 0 Å². The van der Waals surface area contributed by atoms with Crippen LogP contribution in [0.1, 0.15) is 44.4 Å². The minimum atomic E-state index is -2.84. The highest BCUT2D eigenvalue weighted by molar-refractivity contribution is 5.85. The molecule has 1 amide bonds. The van der Waals surface area contributed by atoms with Crippen LogP contribution in [0.2, 0.25) is 0 Å².